The number of benzene rings is 1. The van der Waals surface area contributed by atoms with Crippen molar-refractivity contribution in [2.45, 2.75) is 6.17 Å². The van der Waals surface area contributed by atoms with E-state index in [-0.39, 0.29) is 0 Å². The molecule has 16 heavy (non-hydrogen) atoms. The van der Waals surface area contributed by atoms with Crippen molar-refractivity contribution in [1.82, 2.24) is 0 Å². The maximum absolute atomic E-state index is 13.5. The van der Waals surface area contributed by atoms with Crippen LogP contribution < -0.4 is 4.74 Å². The predicted molar refractivity (Wildman–Crippen MR) is 58.0 cm³/mol. The molecule has 0 aliphatic carbocycles. The average molecular weight is 224 g/mol. The Morgan fingerprint density at radius 2 is 1.94 bits per heavy atom. The highest BCUT2D eigenvalue weighted by atomic mass is 19.1. The molecule has 0 saturated carbocycles. The lowest BCUT2D eigenvalue weighted by Gasteiger charge is -2.04. The van der Waals surface area contributed by atoms with Gasteiger partial charge in [-0.25, -0.2) is 9.18 Å². The number of rotatable bonds is 4. The first-order valence-corrected chi connectivity index (χ1v) is 4.71. The molecule has 4 heteroatoms. The summed E-state index contributed by atoms with van der Waals surface area (Å²) in [6.45, 7) is 0. The number of carbonyl (C=O) groups is 1. The third-order valence-electron chi connectivity index (χ3n) is 2.04. The van der Waals surface area contributed by atoms with Gasteiger partial charge in [0.25, 0.3) is 0 Å². The molecule has 1 atom stereocenters. The molecule has 0 radical (unpaired) electrons. The number of hydrogen-bond acceptors (Lipinski definition) is 3. The van der Waals surface area contributed by atoms with Crippen LogP contribution in [0.25, 0.3) is 0 Å². The molecular formula is C12H13FO3. The standard InChI is InChI=1S/C12H13FO3/c1-15-10-5-3-9(4-6-10)11(13)7-8-12(14)16-2/h3-8,11H,1-2H3/b8-7+. The van der Waals surface area contributed by atoms with E-state index in [4.69, 9.17) is 4.74 Å². The van der Waals surface area contributed by atoms with Gasteiger partial charge in [-0.05, 0) is 23.8 Å². The maximum atomic E-state index is 13.5. The molecule has 0 fully saturated rings. The van der Waals surface area contributed by atoms with Gasteiger partial charge in [0.2, 0.25) is 0 Å². The van der Waals surface area contributed by atoms with E-state index in [0.29, 0.717) is 11.3 Å². The van der Waals surface area contributed by atoms with Gasteiger partial charge in [-0.3, -0.25) is 0 Å². The van der Waals surface area contributed by atoms with Crippen molar-refractivity contribution in [3.8, 4) is 5.75 Å². The monoisotopic (exact) mass is 224 g/mol. The van der Waals surface area contributed by atoms with Crippen molar-refractivity contribution < 1.29 is 18.7 Å². The zero-order chi connectivity index (χ0) is 12.0. The van der Waals surface area contributed by atoms with Gasteiger partial charge >= 0.3 is 5.97 Å². The van der Waals surface area contributed by atoms with Gasteiger partial charge < -0.3 is 9.47 Å². The highest BCUT2D eigenvalue weighted by Crippen LogP contribution is 2.21. The molecule has 1 rings (SSSR count). The van der Waals surface area contributed by atoms with Crippen LogP contribution in [0.2, 0.25) is 0 Å². The van der Waals surface area contributed by atoms with Gasteiger partial charge in [-0.1, -0.05) is 12.1 Å². The van der Waals surface area contributed by atoms with Crippen LogP contribution in [0.15, 0.2) is 36.4 Å². The second-order valence-corrected chi connectivity index (χ2v) is 3.06. The minimum absolute atomic E-state index is 0.459. The summed E-state index contributed by atoms with van der Waals surface area (Å²) < 4.78 is 22.8. The molecule has 0 spiro atoms. The first-order valence-electron chi connectivity index (χ1n) is 4.71. The van der Waals surface area contributed by atoms with E-state index in [2.05, 4.69) is 4.74 Å². The van der Waals surface area contributed by atoms with E-state index in [0.717, 1.165) is 12.2 Å². The van der Waals surface area contributed by atoms with Crippen LogP contribution >= 0.6 is 0 Å². The molecule has 0 saturated heterocycles. The van der Waals surface area contributed by atoms with Crippen molar-refractivity contribution in [3.05, 3.63) is 42.0 Å². The van der Waals surface area contributed by atoms with Crippen molar-refractivity contribution in [2.24, 2.45) is 0 Å². The van der Waals surface area contributed by atoms with E-state index in [1.807, 2.05) is 0 Å². The van der Waals surface area contributed by atoms with Gasteiger partial charge in [0.05, 0.1) is 14.2 Å². The first kappa shape index (κ1) is 12.2. The molecule has 0 aromatic heterocycles. The third kappa shape index (κ3) is 3.38. The molecule has 0 heterocycles. The molecular weight excluding hydrogens is 211 g/mol. The molecule has 0 amide bonds. The number of carbonyl (C=O) groups excluding carboxylic acids is 1. The molecule has 0 N–H and O–H groups in total. The molecule has 0 aliphatic heterocycles. The first-order chi connectivity index (χ1) is 7.67. The highest BCUT2D eigenvalue weighted by Gasteiger charge is 2.06. The zero-order valence-corrected chi connectivity index (χ0v) is 9.14. The molecule has 1 aromatic carbocycles. The number of hydrogen-bond donors (Lipinski definition) is 0. The van der Waals surface area contributed by atoms with Crippen LogP contribution in [0.1, 0.15) is 11.7 Å². The van der Waals surface area contributed by atoms with E-state index in [9.17, 15) is 9.18 Å². The fourth-order valence-electron chi connectivity index (χ4n) is 1.13. The summed E-state index contributed by atoms with van der Waals surface area (Å²) in [5.41, 5.74) is 0.459. The van der Waals surface area contributed by atoms with Crippen LogP contribution in [-0.4, -0.2) is 20.2 Å². The molecule has 3 nitrogen and oxygen atoms in total. The van der Waals surface area contributed by atoms with Crippen LogP contribution in [0.5, 0.6) is 5.75 Å². The minimum Gasteiger partial charge on any atom is -0.497 e. The highest BCUT2D eigenvalue weighted by molar-refractivity contribution is 5.81. The Morgan fingerprint density at radius 3 is 2.44 bits per heavy atom. The Bertz CT molecular complexity index is 370. The van der Waals surface area contributed by atoms with Gasteiger partial charge in [0.15, 0.2) is 0 Å². The lowest BCUT2D eigenvalue weighted by atomic mass is 10.1. The van der Waals surface area contributed by atoms with E-state index in [1.54, 1.807) is 31.4 Å². The number of methoxy groups -OCH3 is 2. The third-order valence-corrected chi connectivity index (χ3v) is 2.04. The number of allylic oxidation sites excluding steroid dienone is 1. The Labute approximate surface area is 93.5 Å². The van der Waals surface area contributed by atoms with Crippen molar-refractivity contribution in [3.63, 3.8) is 0 Å². The quantitative estimate of drug-likeness (QED) is 0.582. The van der Waals surface area contributed by atoms with E-state index < -0.39 is 12.1 Å². The van der Waals surface area contributed by atoms with Gasteiger partial charge in [-0.2, -0.15) is 0 Å². The summed E-state index contributed by atoms with van der Waals surface area (Å²) in [5, 5.41) is 0. The van der Waals surface area contributed by atoms with Crippen LogP contribution in [-0.2, 0) is 9.53 Å². The number of esters is 1. The fraction of sp³-hybridized carbons (Fsp3) is 0.250. The molecule has 86 valence electrons. The largest absolute Gasteiger partial charge is 0.497 e. The summed E-state index contributed by atoms with van der Waals surface area (Å²) in [5.74, 6) is 0.0871. The lowest BCUT2D eigenvalue weighted by Crippen LogP contribution is -1.95. The number of halogens is 1. The van der Waals surface area contributed by atoms with Crippen molar-refractivity contribution in [1.29, 1.82) is 0 Å². The van der Waals surface area contributed by atoms with Gasteiger partial charge in [0.1, 0.15) is 11.9 Å². The SMILES string of the molecule is COC(=O)/C=C/C(F)c1ccc(OC)cc1. The van der Waals surface area contributed by atoms with E-state index in [1.165, 1.54) is 7.11 Å². The Balaban J connectivity index is 2.69. The fourth-order valence-corrected chi connectivity index (χ4v) is 1.13. The molecule has 1 unspecified atom stereocenters. The summed E-state index contributed by atoms with van der Waals surface area (Å²) in [7, 11) is 2.78. The van der Waals surface area contributed by atoms with Gasteiger partial charge in [0, 0.05) is 6.08 Å². The lowest BCUT2D eigenvalue weighted by molar-refractivity contribution is -0.134. The summed E-state index contributed by atoms with van der Waals surface area (Å²) >= 11 is 0. The van der Waals surface area contributed by atoms with Gasteiger partial charge in [-0.15, -0.1) is 0 Å². The molecule has 0 bridgehead atoms. The Kier molecular flexibility index (Phi) is 4.51. The van der Waals surface area contributed by atoms with E-state index >= 15 is 0 Å². The second-order valence-electron chi connectivity index (χ2n) is 3.06. The number of alkyl halides is 1. The maximum Gasteiger partial charge on any atom is 0.330 e. The molecule has 1 aromatic rings. The number of ether oxygens (including phenoxy) is 2. The smallest absolute Gasteiger partial charge is 0.330 e. The summed E-state index contributed by atoms with van der Waals surface area (Å²) in [4.78, 5) is 10.8. The van der Waals surface area contributed by atoms with Crippen LogP contribution in [0.3, 0.4) is 0 Å². The summed E-state index contributed by atoms with van der Waals surface area (Å²) in [6, 6.07) is 6.53. The molecule has 0 aliphatic rings. The predicted octanol–water partition coefficient (Wildman–Crippen LogP) is 2.44. The average Bonchev–Trinajstić information content (AvgIpc) is 2.35. The minimum atomic E-state index is -1.33. The topological polar surface area (TPSA) is 35.5 Å². The van der Waals surface area contributed by atoms with Crippen LogP contribution in [0.4, 0.5) is 4.39 Å². The normalized spacial score (nSPS) is 12.4. The zero-order valence-electron chi connectivity index (χ0n) is 9.14. The van der Waals surface area contributed by atoms with Crippen molar-refractivity contribution >= 4 is 5.97 Å². The van der Waals surface area contributed by atoms with Crippen molar-refractivity contribution in [2.75, 3.05) is 14.2 Å². The van der Waals surface area contributed by atoms with Crippen LogP contribution in [0, 0.1) is 0 Å². The second kappa shape index (κ2) is 5.90. The Morgan fingerprint density at radius 1 is 1.31 bits per heavy atom. The Hall–Kier alpha value is -1.84. The summed E-state index contributed by atoms with van der Waals surface area (Å²) in [6.07, 6.45) is 0.882.